The smallest absolute Gasteiger partial charge is 0.0619 e. The Labute approximate surface area is 257 Å². The molecule has 0 spiro atoms. The van der Waals surface area contributed by atoms with Crippen LogP contribution < -0.4 is 5.32 Å². The highest BCUT2D eigenvalue weighted by Crippen LogP contribution is 2.52. The molecule has 6 aromatic carbocycles. The molecule has 1 aliphatic carbocycles. The summed E-state index contributed by atoms with van der Waals surface area (Å²) in [5, 5.41) is 6.70. The second-order valence-corrected chi connectivity index (χ2v) is 13.4. The zero-order valence-corrected chi connectivity index (χ0v) is 25.0. The van der Waals surface area contributed by atoms with Crippen molar-refractivity contribution >= 4 is 27.5 Å². The van der Waals surface area contributed by atoms with Gasteiger partial charge >= 0.3 is 0 Å². The number of hydrogen-bond donors (Lipinski definition) is 1. The molecular weight excluding hydrogens is 532 g/mol. The molecule has 0 saturated carbocycles. The number of fused-ring (bicyclic) bond motifs is 8. The van der Waals surface area contributed by atoms with Crippen LogP contribution in [0.2, 0.25) is 0 Å². The van der Waals surface area contributed by atoms with Crippen LogP contribution in [-0.2, 0) is 18.3 Å². The van der Waals surface area contributed by atoms with Crippen molar-refractivity contribution in [3.63, 3.8) is 0 Å². The maximum Gasteiger partial charge on any atom is 0.0619 e. The van der Waals surface area contributed by atoms with Crippen LogP contribution in [-0.4, -0.2) is 10.6 Å². The monoisotopic (exact) mass is 564 g/mol. The number of hydrogen-bond acceptors (Lipinski definition) is 1. The fourth-order valence-electron chi connectivity index (χ4n) is 8.71. The largest absolute Gasteiger partial charge is 0.381 e. The number of para-hydroxylation sites is 2. The first kappa shape index (κ1) is 24.4. The van der Waals surface area contributed by atoms with E-state index in [0.29, 0.717) is 0 Å². The number of aromatic nitrogens is 1. The third-order valence-electron chi connectivity index (χ3n) is 10.6. The Morgan fingerprint density at radius 1 is 0.659 bits per heavy atom. The van der Waals surface area contributed by atoms with Crippen LogP contribution in [0.4, 0.5) is 5.69 Å². The Bertz CT molecular complexity index is 2350. The van der Waals surface area contributed by atoms with E-state index in [1.165, 1.54) is 88.8 Å². The van der Waals surface area contributed by atoms with Crippen LogP contribution in [0.1, 0.15) is 36.1 Å². The van der Waals surface area contributed by atoms with Gasteiger partial charge in [0, 0.05) is 44.6 Å². The molecule has 210 valence electrons. The highest BCUT2D eigenvalue weighted by atomic mass is 15.0. The summed E-state index contributed by atoms with van der Waals surface area (Å²) >= 11 is 0. The van der Waals surface area contributed by atoms with E-state index >= 15 is 0 Å². The van der Waals surface area contributed by atoms with E-state index in [-0.39, 0.29) is 11.5 Å². The molecule has 7 aromatic rings. The van der Waals surface area contributed by atoms with E-state index in [9.17, 15) is 0 Å². The first-order valence-electron chi connectivity index (χ1n) is 15.9. The Morgan fingerprint density at radius 2 is 1.41 bits per heavy atom. The molecule has 2 heteroatoms. The zero-order valence-electron chi connectivity index (χ0n) is 25.0. The predicted molar refractivity (Wildman–Crippen MR) is 184 cm³/mol. The Balaban J connectivity index is 1.15. The molecule has 10 rings (SSSR count). The summed E-state index contributed by atoms with van der Waals surface area (Å²) in [5.41, 5.74) is 18.9. The molecule has 2 nitrogen and oxygen atoms in total. The third-order valence-corrected chi connectivity index (χ3v) is 10.6. The van der Waals surface area contributed by atoms with Crippen LogP contribution >= 0.6 is 0 Å². The standard InChI is InChI=1S/C42H32N2/c1-42(2)34-16-5-3-11-28(34)29-21-20-25(23-35(29)42)22-27-24-26-10-7-19-38-39(26)40-31(13-9-17-36(40)43-27)33-15-8-14-32-30-12-4-6-18-37(30)44(38)41(32)33/h3-21,23,27,43H,22,24H2,1-2H3. The molecule has 1 unspecified atom stereocenters. The van der Waals surface area contributed by atoms with Crippen LogP contribution in [0.5, 0.6) is 0 Å². The summed E-state index contributed by atoms with van der Waals surface area (Å²) in [6.45, 7) is 4.75. The normalized spacial score (nSPS) is 16.5. The van der Waals surface area contributed by atoms with E-state index in [1.54, 1.807) is 0 Å². The van der Waals surface area contributed by atoms with Crippen LogP contribution in [0.15, 0.2) is 121 Å². The van der Waals surface area contributed by atoms with E-state index in [0.717, 1.165) is 12.8 Å². The first-order valence-corrected chi connectivity index (χ1v) is 15.9. The van der Waals surface area contributed by atoms with Gasteiger partial charge in [-0.15, -0.1) is 0 Å². The molecule has 1 aromatic heterocycles. The lowest BCUT2D eigenvalue weighted by Gasteiger charge is -2.23. The SMILES string of the molecule is CC1(C)c2ccccc2-c2ccc(CC3Cc4cccc5c4-c4c(cccc4-c4cccc6c7ccccc7n-5c46)N3)cc21. The molecule has 3 aliphatic rings. The van der Waals surface area contributed by atoms with Gasteiger partial charge in [-0.05, 0) is 70.0 Å². The molecule has 1 N–H and O–H groups in total. The molecule has 0 fully saturated rings. The Hall–Kier alpha value is -5.08. The summed E-state index contributed by atoms with van der Waals surface area (Å²) in [5.74, 6) is 0. The fourth-order valence-corrected chi connectivity index (χ4v) is 8.71. The lowest BCUT2D eigenvalue weighted by atomic mass is 9.81. The number of anilines is 1. The summed E-state index contributed by atoms with van der Waals surface area (Å²) in [6.07, 6.45) is 1.94. The van der Waals surface area contributed by atoms with Crippen molar-refractivity contribution in [1.29, 1.82) is 0 Å². The number of nitrogens with one attached hydrogen (secondary N) is 1. The van der Waals surface area contributed by atoms with Crippen LogP contribution in [0.25, 0.3) is 60.9 Å². The third kappa shape index (κ3) is 3.10. The quantitative estimate of drug-likeness (QED) is 0.221. The average Bonchev–Trinajstić information content (AvgIpc) is 3.36. The second-order valence-electron chi connectivity index (χ2n) is 13.4. The van der Waals surface area contributed by atoms with Crippen LogP contribution in [0, 0.1) is 0 Å². The van der Waals surface area contributed by atoms with Gasteiger partial charge in [-0.25, -0.2) is 0 Å². The van der Waals surface area contributed by atoms with Crippen molar-refractivity contribution in [1.82, 2.24) is 4.57 Å². The molecule has 2 aliphatic heterocycles. The Morgan fingerprint density at radius 3 is 2.36 bits per heavy atom. The van der Waals surface area contributed by atoms with Crippen molar-refractivity contribution in [3.8, 4) is 39.1 Å². The topological polar surface area (TPSA) is 17.0 Å². The summed E-state index contributed by atoms with van der Waals surface area (Å²) in [7, 11) is 0. The highest BCUT2D eigenvalue weighted by Gasteiger charge is 2.36. The highest BCUT2D eigenvalue weighted by molar-refractivity contribution is 6.17. The van der Waals surface area contributed by atoms with Gasteiger partial charge in [-0.1, -0.05) is 117 Å². The van der Waals surface area contributed by atoms with Gasteiger partial charge in [-0.3, -0.25) is 0 Å². The van der Waals surface area contributed by atoms with E-state index < -0.39 is 0 Å². The fraction of sp³-hybridized carbons (Fsp3) is 0.143. The minimum atomic E-state index is 0.0110. The van der Waals surface area contributed by atoms with E-state index in [4.69, 9.17) is 0 Å². The van der Waals surface area contributed by atoms with Crippen molar-refractivity contribution in [3.05, 3.63) is 144 Å². The van der Waals surface area contributed by atoms with Gasteiger partial charge in [0.2, 0.25) is 0 Å². The van der Waals surface area contributed by atoms with E-state index in [2.05, 4.69) is 145 Å². The van der Waals surface area contributed by atoms with Gasteiger partial charge in [0.1, 0.15) is 0 Å². The molecule has 1 atom stereocenters. The predicted octanol–water partition coefficient (Wildman–Crippen LogP) is 10.3. The minimum Gasteiger partial charge on any atom is -0.381 e. The lowest BCUT2D eigenvalue weighted by molar-refractivity contribution is 0.656. The maximum atomic E-state index is 4.07. The maximum absolute atomic E-state index is 4.07. The zero-order chi connectivity index (χ0) is 29.2. The number of rotatable bonds is 2. The summed E-state index contributed by atoms with van der Waals surface area (Å²) in [6, 6.07) is 45.9. The van der Waals surface area contributed by atoms with Crippen molar-refractivity contribution in [2.45, 2.75) is 38.1 Å². The van der Waals surface area contributed by atoms with Gasteiger partial charge < -0.3 is 9.88 Å². The molecule has 44 heavy (non-hydrogen) atoms. The molecule has 3 heterocycles. The van der Waals surface area contributed by atoms with Crippen molar-refractivity contribution in [2.24, 2.45) is 0 Å². The summed E-state index contributed by atoms with van der Waals surface area (Å²) in [4.78, 5) is 0. The minimum absolute atomic E-state index is 0.0110. The Kier molecular flexibility index (Phi) is 4.72. The van der Waals surface area contributed by atoms with Gasteiger partial charge in [0.15, 0.2) is 0 Å². The second kappa shape index (κ2) is 8.51. The number of nitrogens with zero attached hydrogens (tertiary/aromatic N) is 1. The van der Waals surface area contributed by atoms with Gasteiger partial charge in [-0.2, -0.15) is 0 Å². The molecule has 0 amide bonds. The van der Waals surface area contributed by atoms with Gasteiger partial charge in [0.25, 0.3) is 0 Å². The van der Waals surface area contributed by atoms with Gasteiger partial charge in [0.05, 0.1) is 16.7 Å². The molecule has 0 bridgehead atoms. The molecular formula is C42H32N2. The van der Waals surface area contributed by atoms with Crippen LogP contribution in [0.3, 0.4) is 0 Å². The molecule has 0 radical (unpaired) electrons. The lowest BCUT2D eigenvalue weighted by Crippen LogP contribution is -2.24. The molecule has 0 saturated heterocycles. The van der Waals surface area contributed by atoms with E-state index in [1.807, 2.05) is 0 Å². The van der Waals surface area contributed by atoms with Crippen molar-refractivity contribution < 1.29 is 0 Å². The first-order chi connectivity index (χ1) is 21.6. The number of benzene rings is 6. The summed E-state index contributed by atoms with van der Waals surface area (Å²) < 4.78 is 2.53. The average molecular weight is 565 g/mol. The van der Waals surface area contributed by atoms with Crippen molar-refractivity contribution in [2.75, 3.05) is 5.32 Å².